The normalized spacial score (nSPS) is 18.6. The summed E-state index contributed by atoms with van der Waals surface area (Å²) in [5.74, 6) is 0.693. The van der Waals surface area contributed by atoms with Crippen LogP contribution >= 0.6 is 0 Å². The van der Waals surface area contributed by atoms with E-state index in [1.807, 2.05) is 6.07 Å². The molecule has 1 aliphatic rings. The van der Waals surface area contributed by atoms with Crippen molar-refractivity contribution in [3.63, 3.8) is 0 Å². The number of benzene rings is 1. The zero-order valence-corrected chi connectivity index (χ0v) is 10.9. The van der Waals surface area contributed by atoms with Gasteiger partial charge in [-0.25, -0.2) is 0 Å². The van der Waals surface area contributed by atoms with Gasteiger partial charge in [-0.15, -0.1) is 0 Å². The molecule has 0 bridgehead atoms. The quantitative estimate of drug-likeness (QED) is 0.856. The lowest BCUT2D eigenvalue weighted by molar-refractivity contribution is 0.167. The van der Waals surface area contributed by atoms with E-state index in [1.165, 1.54) is 19.3 Å². The van der Waals surface area contributed by atoms with E-state index in [2.05, 4.69) is 4.90 Å². The molecule has 18 heavy (non-hydrogen) atoms. The molecular weight excluding hydrogens is 228 g/mol. The second-order valence-corrected chi connectivity index (χ2v) is 4.78. The first-order valence-electron chi connectivity index (χ1n) is 6.57. The molecule has 0 saturated carbocycles. The molecule has 1 fully saturated rings. The van der Waals surface area contributed by atoms with Crippen LogP contribution in [0.25, 0.3) is 0 Å². The van der Waals surface area contributed by atoms with Crippen LogP contribution in [-0.4, -0.2) is 36.8 Å². The molecule has 1 unspecified atom stereocenters. The summed E-state index contributed by atoms with van der Waals surface area (Å²) >= 11 is 0. The molecule has 4 nitrogen and oxygen atoms in total. The minimum absolute atomic E-state index is 0.186. The number of rotatable bonds is 4. The van der Waals surface area contributed by atoms with Gasteiger partial charge in [-0.05, 0) is 43.6 Å². The Morgan fingerprint density at radius 3 is 2.61 bits per heavy atom. The molecule has 1 aromatic carbocycles. The Morgan fingerprint density at radius 2 is 2.06 bits per heavy atom. The number of piperidine rings is 1. The molecule has 2 rings (SSSR count). The van der Waals surface area contributed by atoms with Crippen LogP contribution < -0.4 is 10.5 Å². The molecule has 0 radical (unpaired) electrons. The molecule has 0 amide bonds. The van der Waals surface area contributed by atoms with E-state index in [4.69, 9.17) is 10.5 Å². The van der Waals surface area contributed by atoms with E-state index in [9.17, 15) is 5.11 Å². The third-order valence-corrected chi connectivity index (χ3v) is 3.64. The maximum absolute atomic E-state index is 9.85. The highest BCUT2D eigenvalue weighted by atomic mass is 16.5. The average molecular weight is 250 g/mol. The van der Waals surface area contributed by atoms with Crippen molar-refractivity contribution >= 4 is 0 Å². The smallest absolute Gasteiger partial charge is 0.160 e. The Morgan fingerprint density at radius 1 is 1.33 bits per heavy atom. The van der Waals surface area contributed by atoms with Gasteiger partial charge < -0.3 is 15.6 Å². The Hall–Kier alpha value is -1.26. The van der Waals surface area contributed by atoms with Crippen LogP contribution in [0.15, 0.2) is 18.2 Å². The maximum Gasteiger partial charge on any atom is 0.160 e. The van der Waals surface area contributed by atoms with Crippen molar-refractivity contribution in [3.8, 4) is 11.5 Å². The van der Waals surface area contributed by atoms with Crippen LogP contribution in [0.2, 0.25) is 0 Å². The summed E-state index contributed by atoms with van der Waals surface area (Å²) in [6, 6.07) is 5.76. The molecule has 100 valence electrons. The average Bonchev–Trinajstić information content (AvgIpc) is 2.41. The van der Waals surface area contributed by atoms with Crippen molar-refractivity contribution in [2.45, 2.75) is 25.3 Å². The zero-order chi connectivity index (χ0) is 13.0. The minimum Gasteiger partial charge on any atom is -0.504 e. The first-order chi connectivity index (χ1) is 8.76. The monoisotopic (exact) mass is 250 g/mol. The van der Waals surface area contributed by atoms with E-state index in [0.717, 1.165) is 18.7 Å². The molecule has 0 aliphatic carbocycles. The zero-order valence-electron chi connectivity index (χ0n) is 10.9. The van der Waals surface area contributed by atoms with E-state index in [-0.39, 0.29) is 11.8 Å². The first-order valence-corrected chi connectivity index (χ1v) is 6.57. The number of aromatic hydroxyl groups is 1. The molecule has 1 aliphatic heterocycles. The van der Waals surface area contributed by atoms with Gasteiger partial charge in [0.25, 0.3) is 0 Å². The van der Waals surface area contributed by atoms with Gasteiger partial charge in [-0.2, -0.15) is 0 Å². The lowest BCUT2D eigenvalue weighted by Crippen LogP contribution is -2.37. The standard InChI is InChI=1S/C14H22N2O2/c1-18-14-6-5-11(9-13(14)17)12(10-15)16-7-3-2-4-8-16/h5-6,9,12,17H,2-4,7-8,10,15H2,1H3. The molecule has 1 atom stereocenters. The fraction of sp³-hybridized carbons (Fsp3) is 0.571. The molecule has 3 N–H and O–H groups in total. The van der Waals surface area contributed by atoms with Gasteiger partial charge in [0.05, 0.1) is 7.11 Å². The second kappa shape index (κ2) is 6.07. The Bertz CT molecular complexity index is 389. The van der Waals surface area contributed by atoms with Gasteiger partial charge in [0.2, 0.25) is 0 Å². The number of likely N-dealkylation sites (tertiary alicyclic amines) is 1. The molecule has 4 heteroatoms. The predicted octanol–water partition coefficient (Wildman–Crippen LogP) is 1.89. The van der Waals surface area contributed by atoms with Gasteiger partial charge >= 0.3 is 0 Å². The van der Waals surface area contributed by atoms with Crippen molar-refractivity contribution in [2.24, 2.45) is 5.73 Å². The number of methoxy groups -OCH3 is 1. The number of phenols is 1. The number of nitrogens with two attached hydrogens (primary N) is 1. The number of phenolic OH excluding ortho intramolecular Hbond substituents is 1. The van der Waals surface area contributed by atoms with Crippen LogP contribution in [0.1, 0.15) is 30.9 Å². The third kappa shape index (κ3) is 2.76. The highest BCUT2D eigenvalue weighted by Gasteiger charge is 2.21. The van der Waals surface area contributed by atoms with Crippen molar-refractivity contribution in [3.05, 3.63) is 23.8 Å². The van der Waals surface area contributed by atoms with Crippen LogP contribution in [0.5, 0.6) is 11.5 Å². The molecule has 1 aromatic rings. The molecule has 1 heterocycles. The van der Waals surface area contributed by atoms with E-state index >= 15 is 0 Å². The number of ether oxygens (including phenoxy) is 1. The van der Waals surface area contributed by atoms with E-state index in [1.54, 1.807) is 19.2 Å². The molecule has 0 aromatic heterocycles. The van der Waals surface area contributed by atoms with Crippen molar-refractivity contribution in [2.75, 3.05) is 26.7 Å². The fourth-order valence-corrected chi connectivity index (χ4v) is 2.64. The van der Waals surface area contributed by atoms with Crippen LogP contribution in [0.3, 0.4) is 0 Å². The molecule has 0 spiro atoms. The number of nitrogens with zero attached hydrogens (tertiary/aromatic N) is 1. The summed E-state index contributed by atoms with van der Waals surface area (Å²) < 4.78 is 5.06. The van der Waals surface area contributed by atoms with Gasteiger partial charge in [-0.1, -0.05) is 12.5 Å². The van der Waals surface area contributed by atoms with Crippen molar-refractivity contribution in [1.29, 1.82) is 0 Å². The largest absolute Gasteiger partial charge is 0.504 e. The SMILES string of the molecule is COc1ccc(C(CN)N2CCCCC2)cc1O. The van der Waals surface area contributed by atoms with Gasteiger partial charge in [-0.3, -0.25) is 4.90 Å². The van der Waals surface area contributed by atoms with Gasteiger partial charge in [0.15, 0.2) is 11.5 Å². The molecular formula is C14H22N2O2. The Kier molecular flexibility index (Phi) is 4.44. The van der Waals surface area contributed by atoms with E-state index < -0.39 is 0 Å². The lowest BCUT2D eigenvalue weighted by Gasteiger charge is -2.34. The molecule has 1 saturated heterocycles. The van der Waals surface area contributed by atoms with Crippen LogP contribution in [0, 0.1) is 0 Å². The first kappa shape index (κ1) is 13.2. The lowest BCUT2D eigenvalue weighted by atomic mass is 10.0. The third-order valence-electron chi connectivity index (χ3n) is 3.64. The maximum atomic E-state index is 9.85. The number of hydrogen-bond donors (Lipinski definition) is 2. The summed E-state index contributed by atoms with van der Waals surface area (Å²) in [5.41, 5.74) is 6.97. The summed E-state index contributed by atoms with van der Waals surface area (Å²) in [6.07, 6.45) is 3.78. The Balaban J connectivity index is 2.18. The van der Waals surface area contributed by atoms with E-state index in [0.29, 0.717) is 12.3 Å². The van der Waals surface area contributed by atoms with Crippen molar-refractivity contribution < 1.29 is 9.84 Å². The number of hydrogen-bond acceptors (Lipinski definition) is 4. The highest BCUT2D eigenvalue weighted by Crippen LogP contribution is 2.31. The van der Waals surface area contributed by atoms with Gasteiger partial charge in [0.1, 0.15) is 0 Å². The Labute approximate surface area is 108 Å². The van der Waals surface area contributed by atoms with Crippen LogP contribution in [-0.2, 0) is 0 Å². The minimum atomic E-state index is 0.186. The fourth-order valence-electron chi connectivity index (χ4n) is 2.64. The summed E-state index contributed by atoms with van der Waals surface area (Å²) in [6.45, 7) is 2.76. The summed E-state index contributed by atoms with van der Waals surface area (Å²) in [5, 5.41) is 9.85. The highest BCUT2D eigenvalue weighted by molar-refractivity contribution is 5.42. The second-order valence-electron chi connectivity index (χ2n) is 4.78. The van der Waals surface area contributed by atoms with Crippen molar-refractivity contribution in [1.82, 2.24) is 4.90 Å². The van der Waals surface area contributed by atoms with Gasteiger partial charge in [0, 0.05) is 12.6 Å². The van der Waals surface area contributed by atoms with Crippen LogP contribution in [0.4, 0.5) is 0 Å². The predicted molar refractivity (Wildman–Crippen MR) is 71.9 cm³/mol. The summed E-state index contributed by atoms with van der Waals surface area (Å²) in [7, 11) is 1.56. The summed E-state index contributed by atoms with van der Waals surface area (Å²) in [4.78, 5) is 2.41. The topological polar surface area (TPSA) is 58.7 Å².